The molecule has 1 N–H and O–H groups in total. The molecule has 0 aliphatic carbocycles. The van der Waals surface area contributed by atoms with Crippen molar-refractivity contribution in [2.45, 2.75) is 0 Å². The van der Waals surface area contributed by atoms with Gasteiger partial charge in [-0.2, -0.15) is 0 Å². The van der Waals surface area contributed by atoms with E-state index in [4.69, 9.17) is 21.1 Å². The predicted molar refractivity (Wildman–Crippen MR) is 118 cm³/mol. The van der Waals surface area contributed by atoms with Crippen LogP contribution in [-0.2, 0) is 4.79 Å². The molecule has 3 aromatic carbocycles. The zero-order chi connectivity index (χ0) is 22.8. The van der Waals surface area contributed by atoms with E-state index in [9.17, 15) is 19.7 Å². The van der Waals surface area contributed by atoms with Crippen LogP contribution in [0.1, 0.15) is 10.4 Å². The molecular weight excluding hydrogens is 438 g/mol. The Labute approximate surface area is 187 Å². The lowest BCUT2D eigenvalue weighted by atomic mass is 10.1. The Kier molecular flexibility index (Phi) is 5.65. The third kappa shape index (κ3) is 4.06. The van der Waals surface area contributed by atoms with Crippen molar-refractivity contribution < 1.29 is 24.0 Å². The highest BCUT2D eigenvalue weighted by Gasteiger charge is 2.28. The Hall–Kier alpha value is -4.11. The summed E-state index contributed by atoms with van der Waals surface area (Å²) in [6, 6.07) is 15.4. The van der Waals surface area contributed by atoms with E-state index in [1.807, 2.05) is 0 Å². The first-order valence-electron chi connectivity index (χ1n) is 9.38. The number of benzene rings is 3. The average Bonchev–Trinajstić information content (AvgIpc) is 2.79. The highest BCUT2D eigenvalue weighted by Crippen LogP contribution is 2.38. The normalized spacial score (nSPS) is 12.6. The Bertz CT molecular complexity index is 1250. The van der Waals surface area contributed by atoms with Gasteiger partial charge in [0, 0.05) is 16.7 Å². The standard InChI is InChI=1S/C22H16ClN3O6/c1-31-20-10-13(22(28)25-12-21(27)24-15-4-2-3-5-16(15)25)6-8-19(20)32-18-9-7-14(23)11-17(18)26(29)30/h2-11H,12H2,1H3,(H,24,27). The monoisotopic (exact) mass is 453 g/mol. The van der Waals surface area contributed by atoms with Gasteiger partial charge in [0.2, 0.25) is 11.7 Å². The minimum absolute atomic E-state index is 0.0293. The van der Waals surface area contributed by atoms with Gasteiger partial charge in [-0.1, -0.05) is 23.7 Å². The van der Waals surface area contributed by atoms with Crippen molar-refractivity contribution >= 4 is 40.5 Å². The van der Waals surface area contributed by atoms with E-state index >= 15 is 0 Å². The number of amides is 2. The summed E-state index contributed by atoms with van der Waals surface area (Å²) in [5.41, 5.74) is 1.06. The smallest absolute Gasteiger partial charge is 0.313 e. The second kappa shape index (κ2) is 8.56. The maximum absolute atomic E-state index is 13.2. The first-order chi connectivity index (χ1) is 15.4. The summed E-state index contributed by atoms with van der Waals surface area (Å²) in [4.78, 5) is 37.3. The number of nitrogens with one attached hydrogen (secondary N) is 1. The van der Waals surface area contributed by atoms with Crippen LogP contribution in [0.2, 0.25) is 5.02 Å². The summed E-state index contributed by atoms with van der Waals surface area (Å²) < 4.78 is 11.0. The number of nitrogens with zero attached hydrogens (tertiary/aromatic N) is 2. The van der Waals surface area contributed by atoms with Crippen molar-refractivity contribution in [1.29, 1.82) is 0 Å². The van der Waals surface area contributed by atoms with Gasteiger partial charge in [-0.25, -0.2) is 0 Å². The molecule has 4 rings (SSSR count). The van der Waals surface area contributed by atoms with Crippen LogP contribution in [0.4, 0.5) is 17.1 Å². The molecule has 1 aliphatic rings. The van der Waals surface area contributed by atoms with Crippen molar-refractivity contribution in [2.24, 2.45) is 0 Å². The maximum Gasteiger partial charge on any atom is 0.313 e. The molecule has 0 bridgehead atoms. The minimum Gasteiger partial charge on any atom is -0.493 e. The summed E-state index contributed by atoms with van der Waals surface area (Å²) in [6.45, 7) is -0.132. The second-order valence-corrected chi connectivity index (χ2v) is 7.23. The molecule has 0 saturated heterocycles. The molecule has 1 aliphatic heterocycles. The fourth-order valence-corrected chi connectivity index (χ4v) is 3.46. The van der Waals surface area contributed by atoms with Crippen molar-refractivity contribution in [2.75, 3.05) is 23.9 Å². The number of ether oxygens (including phenoxy) is 2. The lowest BCUT2D eigenvalue weighted by Crippen LogP contribution is -2.42. The number of hydrogen-bond acceptors (Lipinski definition) is 6. The molecule has 0 spiro atoms. The molecular formula is C22H16ClN3O6. The third-order valence-corrected chi connectivity index (χ3v) is 5.00. The summed E-state index contributed by atoms with van der Waals surface area (Å²) in [5, 5.41) is 14.2. The zero-order valence-corrected chi connectivity index (χ0v) is 17.5. The Morgan fingerprint density at radius 3 is 2.59 bits per heavy atom. The van der Waals surface area contributed by atoms with Gasteiger partial charge >= 0.3 is 5.69 Å². The largest absolute Gasteiger partial charge is 0.493 e. The number of anilines is 2. The van der Waals surface area contributed by atoms with Gasteiger partial charge in [-0.05, 0) is 42.5 Å². The lowest BCUT2D eigenvalue weighted by molar-refractivity contribution is -0.385. The molecule has 0 aromatic heterocycles. The fourth-order valence-electron chi connectivity index (χ4n) is 3.29. The van der Waals surface area contributed by atoms with E-state index in [0.29, 0.717) is 11.4 Å². The number of methoxy groups -OCH3 is 1. The number of nitro benzene ring substituents is 1. The topological polar surface area (TPSA) is 111 Å². The van der Waals surface area contributed by atoms with Crippen LogP contribution in [-0.4, -0.2) is 30.4 Å². The van der Waals surface area contributed by atoms with Crippen LogP contribution in [0.5, 0.6) is 17.2 Å². The Morgan fingerprint density at radius 2 is 1.84 bits per heavy atom. The van der Waals surface area contributed by atoms with E-state index in [1.165, 1.54) is 48.4 Å². The van der Waals surface area contributed by atoms with E-state index in [0.717, 1.165) is 0 Å². The minimum atomic E-state index is -0.607. The molecule has 0 fully saturated rings. The molecule has 3 aromatic rings. The third-order valence-electron chi connectivity index (χ3n) is 4.76. The van der Waals surface area contributed by atoms with Gasteiger partial charge in [-0.3, -0.25) is 24.6 Å². The summed E-state index contributed by atoms with van der Waals surface area (Å²) in [6.07, 6.45) is 0. The molecule has 2 amide bonds. The summed E-state index contributed by atoms with van der Waals surface area (Å²) >= 11 is 5.84. The van der Waals surface area contributed by atoms with E-state index in [1.54, 1.807) is 24.3 Å². The number of rotatable bonds is 5. The Balaban J connectivity index is 1.66. The first-order valence-corrected chi connectivity index (χ1v) is 9.75. The molecule has 1 heterocycles. The van der Waals surface area contributed by atoms with Crippen LogP contribution >= 0.6 is 11.6 Å². The molecule has 0 saturated carbocycles. The van der Waals surface area contributed by atoms with Crippen LogP contribution in [0.15, 0.2) is 60.7 Å². The molecule has 0 radical (unpaired) electrons. The van der Waals surface area contributed by atoms with Crippen molar-refractivity contribution in [1.82, 2.24) is 0 Å². The molecule has 32 heavy (non-hydrogen) atoms. The fraction of sp³-hybridized carbons (Fsp3) is 0.0909. The van der Waals surface area contributed by atoms with E-state index < -0.39 is 10.8 Å². The van der Waals surface area contributed by atoms with Crippen LogP contribution in [0.25, 0.3) is 0 Å². The molecule has 162 valence electrons. The highest BCUT2D eigenvalue weighted by atomic mass is 35.5. The van der Waals surface area contributed by atoms with Gasteiger partial charge in [0.25, 0.3) is 5.91 Å². The van der Waals surface area contributed by atoms with Crippen LogP contribution < -0.4 is 19.7 Å². The Morgan fingerprint density at radius 1 is 1.09 bits per heavy atom. The SMILES string of the molecule is COc1cc(C(=O)N2CC(=O)Nc3ccccc32)ccc1Oc1ccc(Cl)cc1[N+](=O)[O-]. The highest BCUT2D eigenvalue weighted by molar-refractivity contribution is 6.30. The molecule has 0 atom stereocenters. The second-order valence-electron chi connectivity index (χ2n) is 6.79. The molecule has 0 unspecified atom stereocenters. The number of carbonyl (C=O) groups excluding carboxylic acids is 2. The zero-order valence-electron chi connectivity index (χ0n) is 16.7. The van der Waals surface area contributed by atoms with Crippen LogP contribution in [0, 0.1) is 10.1 Å². The number of halogens is 1. The van der Waals surface area contributed by atoms with Gasteiger partial charge in [0.15, 0.2) is 11.5 Å². The van der Waals surface area contributed by atoms with Gasteiger partial charge < -0.3 is 14.8 Å². The maximum atomic E-state index is 13.2. The number of carbonyl (C=O) groups is 2. The van der Waals surface area contributed by atoms with Crippen molar-refractivity contribution in [3.8, 4) is 17.2 Å². The van der Waals surface area contributed by atoms with Crippen molar-refractivity contribution in [3.05, 3.63) is 81.4 Å². The number of nitro groups is 1. The summed E-state index contributed by atoms with van der Waals surface area (Å²) in [5.74, 6) is -0.381. The number of para-hydroxylation sites is 2. The van der Waals surface area contributed by atoms with Crippen molar-refractivity contribution in [3.63, 3.8) is 0 Å². The molecule has 9 nitrogen and oxygen atoms in total. The average molecular weight is 454 g/mol. The lowest BCUT2D eigenvalue weighted by Gasteiger charge is -2.29. The van der Waals surface area contributed by atoms with Crippen LogP contribution in [0.3, 0.4) is 0 Å². The summed E-state index contributed by atoms with van der Waals surface area (Å²) in [7, 11) is 1.39. The van der Waals surface area contributed by atoms with E-state index in [2.05, 4.69) is 5.32 Å². The molecule has 10 heteroatoms. The van der Waals surface area contributed by atoms with Gasteiger partial charge in [-0.15, -0.1) is 0 Å². The number of hydrogen-bond donors (Lipinski definition) is 1. The van der Waals surface area contributed by atoms with E-state index in [-0.39, 0.29) is 46.0 Å². The van der Waals surface area contributed by atoms with Gasteiger partial charge in [0.05, 0.1) is 23.4 Å². The number of fused-ring (bicyclic) bond motifs is 1. The predicted octanol–water partition coefficient (Wildman–Crippen LogP) is 4.65. The van der Waals surface area contributed by atoms with Gasteiger partial charge in [0.1, 0.15) is 6.54 Å². The quantitative estimate of drug-likeness (QED) is 0.444. The first kappa shape index (κ1) is 21.1.